The summed E-state index contributed by atoms with van der Waals surface area (Å²) in [6, 6.07) is 1.72. The van der Waals surface area contributed by atoms with Crippen molar-refractivity contribution in [3.8, 4) is 0 Å². The Hall–Kier alpha value is -1.94. The lowest BCUT2D eigenvalue weighted by molar-refractivity contribution is -0.144. The Morgan fingerprint density at radius 2 is 2.08 bits per heavy atom. The van der Waals surface area contributed by atoms with Crippen molar-refractivity contribution >= 4 is 11.6 Å². The lowest BCUT2D eigenvalue weighted by Crippen LogP contribution is -2.47. The topological polar surface area (TPSA) is 58.8 Å². The molecule has 1 aliphatic heterocycles. The smallest absolute Gasteiger partial charge is 0.373 e. The van der Waals surface area contributed by atoms with Gasteiger partial charge < -0.3 is 14.5 Å². The maximum Gasteiger partial charge on any atom is 0.453 e. The van der Waals surface area contributed by atoms with Crippen LogP contribution in [0.15, 0.2) is 6.07 Å². The van der Waals surface area contributed by atoms with Crippen LogP contribution in [0.25, 0.3) is 5.78 Å². The summed E-state index contributed by atoms with van der Waals surface area (Å²) in [7, 11) is 3.90. The minimum absolute atomic E-state index is 0.0251. The molecule has 2 aromatic rings. The van der Waals surface area contributed by atoms with Crippen molar-refractivity contribution in [1.29, 1.82) is 0 Å². The summed E-state index contributed by atoms with van der Waals surface area (Å²) in [6.45, 7) is 4.10. The molecule has 1 fully saturated rings. The van der Waals surface area contributed by atoms with Crippen molar-refractivity contribution in [1.82, 2.24) is 24.5 Å². The summed E-state index contributed by atoms with van der Waals surface area (Å²) in [5, 5.41) is 3.61. The molecule has 10 heteroatoms. The van der Waals surface area contributed by atoms with Gasteiger partial charge in [-0.15, -0.1) is 5.10 Å². The summed E-state index contributed by atoms with van der Waals surface area (Å²) >= 11 is 0. The fourth-order valence-electron chi connectivity index (χ4n) is 2.76. The molecule has 0 N–H and O–H groups in total. The SMILES string of the molecule is Cc1cc(N2CCO[C@H](CN(C)C)C2)n2nc(C(F)(F)F)nc2n1. The second-order valence-electron chi connectivity index (χ2n) is 6.10. The highest BCUT2D eigenvalue weighted by atomic mass is 19.4. The predicted molar refractivity (Wildman–Crippen MR) is 81.0 cm³/mol. The Bertz CT molecular complexity index is 729. The molecule has 3 heterocycles. The van der Waals surface area contributed by atoms with Gasteiger partial charge in [-0.2, -0.15) is 22.7 Å². The van der Waals surface area contributed by atoms with E-state index in [4.69, 9.17) is 4.74 Å². The van der Waals surface area contributed by atoms with E-state index in [2.05, 4.69) is 15.1 Å². The minimum atomic E-state index is -4.60. The zero-order valence-corrected chi connectivity index (χ0v) is 13.7. The van der Waals surface area contributed by atoms with Crippen molar-refractivity contribution in [3.05, 3.63) is 17.6 Å². The zero-order valence-electron chi connectivity index (χ0n) is 13.7. The Kier molecular flexibility index (Phi) is 4.35. The van der Waals surface area contributed by atoms with Gasteiger partial charge in [0, 0.05) is 31.4 Å². The number of aryl methyl sites for hydroxylation is 1. The molecule has 0 radical (unpaired) electrons. The molecule has 7 nitrogen and oxygen atoms in total. The number of hydrogen-bond acceptors (Lipinski definition) is 6. The third-order valence-corrected chi connectivity index (χ3v) is 3.71. The van der Waals surface area contributed by atoms with Crippen LogP contribution in [0.3, 0.4) is 0 Å². The number of rotatable bonds is 3. The number of alkyl halides is 3. The molecular weight excluding hydrogens is 325 g/mol. The van der Waals surface area contributed by atoms with Crippen molar-refractivity contribution in [2.24, 2.45) is 0 Å². The van der Waals surface area contributed by atoms with Gasteiger partial charge in [-0.1, -0.05) is 0 Å². The summed E-state index contributed by atoms with van der Waals surface area (Å²) in [5.74, 6) is -0.680. The average molecular weight is 344 g/mol. The van der Waals surface area contributed by atoms with Gasteiger partial charge in [-0.05, 0) is 21.0 Å². The third-order valence-electron chi connectivity index (χ3n) is 3.71. The summed E-state index contributed by atoms with van der Waals surface area (Å²) in [6.07, 6.45) is -4.62. The van der Waals surface area contributed by atoms with E-state index in [-0.39, 0.29) is 11.9 Å². The van der Waals surface area contributed by atoms with Crippen LogP contribution < -0.4 is 4.90 Å². The largest absolute Gasteiger partial charge is 0.453 e. The Balaban J connectivity index is 1.97. The molecule has 1 atom stereocenters. The summed E-state index contributed by atoms with van der Waals surface area (Å²) in [5.41, 5.74) is 0.592. The Labute approximate surface area is 137 Å². The molecule has 0 bridgehead atoms. The molecule has 2 aromatic heterocycles. The number of ether oxygens (including phenoxy) is 1. The monoisotopic (exact) mass is 344 g/mol. The Morgan fingerprint density at radius 1 is 1.33 bits per heavy atom. The van der Waals surface area contributed by atoms with E-state index in [1.54, 1.807) is 13.0 Å². The van der Waals surface area contributed by atoms with Gasteiger partial charge >= 0.3 is 6.18 Å². The number of likely N-dealkylation sites (N-methyl/N-ethyl adjacent to an activating group) is 1. The maximum atomic E-state index is 12.9. The van der Waals surface area contributed by atoms with E-state index < -0.39 is 12.0 Å². The fraction of sp³-hybridized carbons (Fsp3) is 0.643. The highest BCUT2D eigenvalue weighted by Crippen LogP contribution is 2.28. The minimum Gasteiger partial charge on any atom is -0.373 e. The first-order valence-electron chi connectivity index (χ1n) is 7.57. The normalized spacial score (nSPS) is 19.5. The van der Waals surface area contributed by atoms with Crippen molar-refractivity contribution < 1.29 is 17.9 Å². The van der Waals surface area contributed by atoms with Crippen LogP contribution in [0.4, 0.5) is 19.0 Å². The van der Waals surface area contributed by atoms with E-state index in [0.717, 1.165) is 11.1 Å². The van der Waals surface area contributed by atoms with Crippen molar-refractivity contribution in [2.45, 2.75) is 19.2 Å². The van der Waals surface area contributed by atoms with E-state index in [1.165, 1.54) is 0 Å². The second-order valence-corrected chi connectivity index (χ2v) is 6.10. The number of halogens is 3. The number of hydrogen-bond donors (Lipinski definition) is 0. The van der Waals surface area contributed by atoms with Crippen LogP contribution in [-0.4, -0.2) is 70.9 Å². The number of morpholine rings is 1. The van der Waals surface area contributed by atoms with Crippen LogP contribution >= 0.6 is 0 Å². The molecule has 0 aromatic carbocycles. The molecule has 3 rings (SSSR count). The van der Waals surface area contributed by atoms with Gasteiger partial charge in [-0.3, -0.25) is 0 Å². The van der Waals surface area contributed by atoms with Crippen LogP contribution in [-0.2, 0) is 10.9 Å². The van der Waals surface area contributed by atoms with E-state index in [0.29, 0.717) is 31.2 Å². The van der Waals surface area contributed by atoms with Gasteiger partial charge in [0.1, 0.15) is 5.82 Å². The van der Waals surface area contributed by atoms with Crippen LogP contribution in [0, 0.1) is 6.92 Å². The quantitative estimate of drug-likeness (QED) is 0.834. The second kappa shape index (κ2) is 6.17. The van der Waals surface area contributed by atoms with Gasteiger partial charge in [0.2, 0.25) is 0 Å². The third kappa shape index (κ3) is 3.44. The van der Waals surface area contributed by atoms with Gasteiger partial charge in [-0.25, -0.2) is 4.98 Å². The zero-order chi connectivity index (χ0) is 17.5. The van der Waals surface area contributed by atoms with E-state index >= 15 is 0 Å². The van der Waals surface area contributed by atoms with Crippen molar-refractivity contribution in [2.75, 3.05) is 45.2 Å². The number of aromatic nitrogens is 4. The number of nitrogens with zero attached hydrogens (tertiary/aromatic N) is 6. The molecule has 0 aliphatic carbocycles. The van der Waals surface area contributed by atoms with Crippen LogP contribution in [0.1, 0.15) is 11.5 Å². The molecule has 1 aliphatic rings. The first kappa shape index (κ1) is 16.9. The lowest BCUT2D eigenvalue weighted by Gasteiger charge is -2.35. The van der Waals surface area contributed by atoms with E-state index in [1.807, 2.05) is 23.9 Å². The number of anilines is 1. The molecule has 24 heavy (non-hydrogen) atoms. The average Bonchev–Trinajstić information content (AvgIpc) is 2.89. The lowest BCUT2D eigenvalue weighted by atomic mass is 10.2. The summed E-state index contributed by atoms with van der Waals surface area (Å²) in [4.78, 5) is 11.6. The maximum absolute atomic E-state index is 12.9. The number of fused-ring (bicyclic) bond motifs is 1. The first-order valence-corrected chi connectivity index (χ1v) is 7.57. The first-order chi connectivity index (χ1) is 11.2. The molecule has 0 unspecified atom stereocenters. The molecule has 0 saturated carbocycles. The molecule has 132 valence electrons. The molecule has 0 spiro atoms. The van der Waals surface area contributed by atoms with Crippen LogP contribution in [0.2, 0.25) is 0 Å². The van der Waals surface area contributed by atoms with Gasteiger partial charge in [0.05, 0.1) is 12.7 Å². The molecule has 0 amide bonds. The highest BCUT2D eigenvalue weighted by Gasteiger charge is 2.37. The Morgan fingerprint density at radius 3 is 2.75 bits per heavy atom. The molecular formula is C14H19F3N6O. The standard InChI is InChI=1S/C14H19F3N6O/c1-9-6-11(22-4-5-24-10(8-22)7-21(2)3)23-13(18-9)19-12(20-23)14(15,16)17/h6,10H,4-5,7-8H2,1-3H3/t10-/m1/s1. The fourth-order valence-corrected chi connectivity index (χ4v) is 2.76. The van der Waals surface area contributed by atoms with E-state index in [9.17, 15) is 13.2 Å². The van der Waals surface area contributed by atoms with Gasteiger partial charge in [0.15, 0.2) is 0 Å². The predicted octanol–water partition coefficient (Wildman–Crippen LogP) is 1.22. The van der Waals surface area contributed by atoms with Crippen LogP contribution in [0.5, 0.6) is 0 Å². The van der Waals surface area contributed by atoms with Crippen molar-refractivity contribution in [3.63, 3.8) is 0 Å². The molecule has 1 saturated heterocycles. The summed E-state index contributed by atoms with van der Waals surface area (Å²) < 4.78 is 45.6. The van der Waals surface area contributed by atoms with Gasteiger partial charge in [0.25, 0.3) is 11.6 Å². The highest BCUT2D eigenvalue weighted by molar-refractivity contribution is 5.48.